The predicted octanol–water partition coefficient (Wildman–Crippen LogP) is 1.30. The fraction of sp³-hybridized carbons (Fsp3) is 0.818. The molecule has 0 amide bonds. The standard InChI is InChI=1S/C11H19N3O3S/c1-18(15,16)17-8-7-11-9-12-13-14(11)10-5-3-2-4-6-10/h9-10H,2-8H2,1H3. The lowest BCUT2D eigenvalue weighted by atomic mass is 9.95. The van der Waals surface area contributed by atoms with Gasteiger partial charge in [0.1, 0.15) is 0 Å². The van der Waals surface area contributed by atoms with Gasteiger partial charge in [0.2, 0.25) is 0 Å². The van der Waals surface area contributed by atoms with Crippen LogP contribution in [0.5, 0.6) is 0 Å². The van der Waals surface area contributed by atoms with E-state index < -0.39 is 10.1 Å². The molecule has 0 unspecified atom stereocenters. The quantitative estimate of drug-likeness (QED) is 0.756. The zero-order valence-corrected chi connectivity index (χ0v) is 11.4. The average Bonchev–Trinajstić information content (AvgIpc) is 2.77. The molecule has 0 bridgehead atoms. The summed E-state index contributed by atoms with van der Waals surface area (Å²) in [4.78, 5) is 0. The maximum Gasteiger partial charge on any atom is 0.264 e. The number of hydrogen-bond acceptors (Lipinski definition) is 5. The van der Waals surface area contributed by atoms with Gasteiger partial charge in [-0.3, -0.25) is 4.18 Å². The van der Waals surface area contributed by atoms with Gasteiger partial charge in [-0.25, -0.2) is 4.68 Å². The van der Waals surface area contributed by atoms with Crippen LogP contribution < -0.4 is 0 Å². The zero-order valence-electron chi connectivity index (χ0n) is 10.6. The monoisotopic (exact) mass is 273 g/mol. The van der Waals surface area contributed by atoms with Gasteiger partial charge < -0.3 is 0 Å². The van der Waals surface area contributed by atoms with Crippen LogP contribution in [0.3, 0.4) is 0 Å². The maximum atomic E-state index is 10.9. The van der Waals surface area contributed by atoms with Crippen molar-refractivity contribution in [1.29, 1.82) is 0 Å². The van der Waals surface area contributed by atoms with Crippen molar-refractivity contribution in [1.82, 2.24) is 15.0 Å². The minimum Gasteiger partial charge on any atom is -0.270 e. The lowest BCUT2D eigenvalue weighted by Gasteiger charge is -2.23. The van der Waals surface area contributed by atoms with Crippen LogP contribution in [0.4, 0.5) is 0 Å². The summed E-state index contributed by atoms with van der Waals surface area (Å²) < 4.78 is 28.5. The third-order valence-electron chi connectivity index (χ3n) is 3.23. The first-order chi connectivity index (χ1) is 8.56. The van der Waals surface area contributed by atoms with E-state index in [0.717, 1.165) is 24.8 Å². The maximum absolute atomic E-state index is 10.9. The Hall–Kier alpha value is -0.950. The molecular weight excluding hydrogens is 254 g/mol. The van der Waals surface area contributed by atoms with Gasteiger partial charge in [-0.15, -0.1) is 5.10 Å². The summed E-state index contributed by atoms with van der Waals surface area (Å²) in [7, 11) is -3.37. The van der Waals surface area contributed by atoms with Gasteiger partial charge in [-0.1, -0.05) is 24.5 Å². The van der Waals surface area contributed by atoms with E-state index in [0.29, 0.717) is 12.5 Å². The van der Waals surface area contributed by atoms with E-state index in [2.05, 4.69) is 10.3 Å². The Morgan fingerprint density at radius 2 is 2.11 bits per heavy atom. The Morgan fingerprint density at radius 3 is 2.78 bits per heavy atom. The summed E-state index contributed by atoms with van der Waals surface area (Å²) in [5, 5.41) is 8.04. The summed E-state index contributed by atoms with van der Waals surface area (Å²) in [6, 6.07) is 0.412. The summed E-state index contributed by atoms with van der Waals surface area (Å²) in [5.74, 6) is 0. The van der Waals surface area contributed by atoms with Crippen LogP contribution in [0.2, 0.25) is 0 Å². The van der Waals surface area contributed by atoms with Crippen LogP contribution in [0, 0.1) is 0 Å². The fourth-order valence-electron chi connectivity index (χ4n) is 2.37. The summed E-state index contributed by atoms with van der Waals surface area (Å²) in [6.45, 7) is 0.152. The Balaban J connectivity index is 1.94. The molecule has 0 aromatic carbocycles. The number of aromatic nitrogens is 3. The second-order valence-electron chi connectivity index (χ2n) is 4.74. The van der Waals surface area contributed by atoms with Gasteiger partial charge in [0.25, 0.3) is 10.1 Å². The molecule has 0 saturated heterocycles. The van der Waals surface area contributed by atoms with Crippen LogP contribution in [-0.4, -0.2) is 36.3 Å². The van der Waals surface area contributed by atoms with Crippen molar-refractivity contribution in [2.45, 2.75) is 44.6 Å². The molecule has 1 aliphatic carbocycles. The molecule has 7 heteroatoms. The Kier molecular flexibility index (Phi) is 4.34. The second kappa shape index (κ2) is 5.79. The van der Waals surface area contributed by atoms with E-state index in [4.69, 9.17) is 4.18 Å². The molecule has 1 aliphatic rings. The van der Waals surface area contributed by atoms with Gasteiger partial charge in [0, 0.05) is 6.42 Å². The van der Waals surface area contributed by atoms with Gasteiger partial charge >= 0.3 is 0 Å². The topological polar surface area (TPSA) is 74.1 Å². The van der Waals surface area contributed by atoms with Crippen molar-refractivity contribution in [2.75, 3.05) is 12.9 Å². The van der Waals surface area contributed by atoms with Crippen molar-refractivity contribution < 1.29 is 12.6 Å². The highest BCUT2D eigenvalue weighted by atomic mass is 32.2. The summed E-state index contributed by atoms with van der Waals surface area (Å²) >= 11 is 0. The van der Waals surface area contributed by atoms with Crippen LogP contribution >= 0.6 is 0 Å². The Morgan fingerprint density at radius 1 is 1.39 bits per heavy atom. The minimum absolute atomic E-state index is 0.152. The third-order valence-corrected chi connectivity index (χ3v) is 3.82. The molecule has 102 valence electrons. The molecule has 1 aromatic heterocycles. The molecule has 0 radical (unpaired) electrons. The van der Waals surface area contributed by atoms with Gasteiger partial charge in [-0.2, -0.15) is 8.42 Å². The fourth-order valence-corrected chi connectivity index (χ4v) is 2.76. The highest BCUT2D eigenvalue weighted by Gasteiger charge is 2.18. The first-order valence-electron chi connectivity index (χ1n) is 6.30. The van der Waals surface area contributed by atoms with Crippen molar-refractivity contribution in [3.63, 3.8) is 0 Å². The molecule has 0 N–H and O–H groups in total. The second-order valence-corrected chi connectivity index (χ2v) is 6.38. The van der Waals surface area contributed by atoms with E-state index in [1.807, 2.05) is 4.68 Å². The van der Waals surface area contributed by atoms with Crippen LogP contribution in [0.1, 0.15) is 43.8 Å². The molecule has 0 aliphatic heterocycles. The summed E-state index contributed by atoms with van der Waals surface area (Å²) in [5.41, 5.74) is 0.950. The van der Waals surface area contributed by atoms with Crippen molar-refractivity contribution in [3.05, 3.63) is 11.9 Å². The molecule has 1 saturated carbocycles. The average molecular weight is 273 g/mol. The van der Waals surface area contributed by atoms with E-state index in [-0.39, 0.29) is 6.61 Å². The number of hydrogen-bond donors (Lipinski definition) is 0. The molecule has 1 fully saturated rings. The normalized spacial score (nSPS) is 18.1. The first kappa shape index (κ1) is 13.5. The molecule has 0 atom stereocenters. The van der Waals surface area contributed by atoms with Crippen LogP contribution in [-0.2, 0) is 20.7 Å². The summed E-state index contributed by atoms with van der Waals surface area (Å²) in [6.07, 6.45) is 9.28. The van der Waals surface area contributed by atoms with Crippen LogP contribution in [0.15, 0.2) is 6.20 Å². The SMILES string of the molecule is CS(=O)(=O)OCCc1cnnn1C1CCCCC1. The smallest absolute Gasteiger partial charge is 0.264 e. The molecular formula is C11H19N3O3S. The molecule has 6 nitrogen and oxygen atoms in total. The third kappa shape index (κ3) is 3.78. The molecule has 2 rings (SSSR count). The van der Waals surface area contributed by atoms with Crippen molar-refractivity contribution in [3.8, 4) is 0 Å². The van der Waals surface area contributed by atoms with Crippen molar-refractivity contribution >= 4 is 10.1 Å². The molecule has 1 aromatic rings. The minimum atomic E-state index is -3.37. The van der Waals surface area contributed by atoms with E-state index in [1.54, 1.807) is 6.20 Å². The number of rotatable bonds is 5. The molecule has 1 heterocycles. The van der Waals surface area contributed by atoms with Crippen molar-refractivity contribution in [2.24, 2.45) is 0 Å². The lowest BCUT2D eigenvalue weighted by molar-refractivity contribution is 0.298. The van der Waals surface area contributed by atoms with Crippen LogP contribution in [0.25, 0.3) is 0 Å². The van der Waals surface area contributed by atoms with E-state index in [9.17, 15) is 8.42 Å². The van der Waals surface area contributed by atoms with Gasteiger partial charge in [0.05, 0.1) is 30.8 Å². The van der Waals surface area contributed by atoms with Gasteiger partial charge in [0.15, 0.2) is 0 Å². The zero-order chi connectivity index (χ0) is 13.0. The molecule has 18 heavy (non-hydrogen) atoms. The lowest BCUT2D eigenvalue weighted by Crippen LogP contribution is -2.18. The highest BCUT2D eigenvalue weighted by Crippen LogP contribution is 2.28. The predicted molar refractivity (Wildman–Crippen MR) is 66.6 cm³/mol. The largest absolute Gasteiger partial charge is 0.270 e. The van der Waals surface area contributed by atoms with E-state index >= 15 is 0 Å². The van der Waals surface area contributed by atoms with E-state index in [1.165, 1.54) is 19.3 Å². The molecule has 0 spiro atoms. The number of nitrogens with zero attached hydrogens (tertiary/aromatic N) is 3. The first-order valence-corrected chi connectivity index (χ1v) is 8.11. The Labute approximate surface area is 107 Å². The highest BCUT2D eigenvalue weighted by molar-refractivity contribution is 7.85. The Bertz CT molecular complexity index is 477. The van der Waals surface area contributed by atoms with Gasteiger partial charge in [-0.05, 0) is 12.8 Å².